The first-order valence-electron chi connectivity index (χ1n) is 7.60. The van der Waals surface area contributed by atoms with Gasteiger partial charge in [-0.05, 0) is 12.5 Å². The van der Waals surface area contributed by atoms with E-state index in [0.717, 1.165) is 12.1 Å². The van der Waals surface area contributed by atoms with E-state index in [4.69, 9.17) is 39.5 Å². The van der Waals surface area contributed by atoms with Crippen LogP contribution >= 0.6 is 34.8 Å². The number of amides is 4. The van der Waals surface area contributed by atoms with E-state index in [-0.39, 0.29) is 23.4 Å². The average Bonchev–Trinajstić information content (AvgIpc) is 3.08. The van der Waals surface area contributed by atoms with Crippen LogP contribution in [0.1, 0.15) is 6.42 Å². The van der Waals surface area contributed by atoms with Crippen molar-refractivity contribution in [3.05, 3.63) is 23.0 Å². The predicted molar refractivity (Wildman–Crippen MR) is 97.8 cm³/mol. The molecule has 9 nitrogen and oxygen atoms in total. The SMILES string of the molecule is O=C(NS(=O)(=O)CCl)Oc1cc(N2C(=O)C3CC(Cl)CN3C2=O)c(F)cc1Cl. The first kappa shape index (κ1) is 20.9. The van der Waals surface area contributed by atoms with Crippen LogP contribution in [0.2, 0.25) is 5.02 Å². The summed E-state index contributed by atoms with van der Waals surface area (Å²) in [5.74, 6) is -2.17. The molecule has 14 heteroatoms. The van der Waals surface area contributed by atoms with Gasteiger partial charge in [-0.1, -0.05) is 11.6 Å². The second-order valence-electron chi connectivity index (χ2n) is 5.91. The number of sulfonamides is 1. The molecule has 2 saturated heterocycles. The molecule has 0 aliphatic carbocycles. The number of hydrogen-bond donors (Lipinski definition) is 1. The number of halogens is 4. The third-order valence-electron chi connectivity index (χ3n) is 4.02. The summed E-state index contributed by atoms with van der Waals surface area (Å²) in [6, 6.07) is -0.0176. The molecular formula is C14H11Cl3FN3O6S. The summed E-state index contributed by atoms with van der Waals surface area (Å²) in [5, 5.41) is -1.68. The van der Waals surface area contributed by atoms with Crippen molar-refractivity contribution in [1.29, 1.82) is 0 Å². The Morgan fingerprint density at radius 1 is 1.36 bits per heavy atom. The second kappa shape index (κ2) is 7.54. The number of ether oxygens (including phenoxy) is 1. The zero-order valence-corrected chi connectivity index (χ0v) is 16.8. The van der Waals surface area contributed by atoms with Crippen molar-refractivity contribution in [2.45, 2.75) is 17.8 Å². The topological polar surface area (TPSA) is 113 Å². The number of rotatable bonds is 4. The molecule has 3 rings (SSSR count). The van der Waals surface area contributed by atoms with Crippen LogP contribution in [-0.2, 0) is 14.8 Å². The van der Waals surface area contributed by atoms with Gasteiger partial charge in [-0.3, -0.25) is 4.79 Å². The largest absolute Gasteiger partial charge is 0.426 e. The number of imide groups is 1. The number of hydrogen-bond acceptors (Lipinski definition) is 6. The number of benzene rings is 1. The van der Waals surface area contributed by atoms with E-state index < -0.39 is 56.6 Å². The molecule has 0 bridgehead atoms. The highest BCUT2D eigenvalue weighted by Gasteiger charge is 2.51. The third-order valence-corrected chi connectivity index (χ3v) is 6.26. The van der Waals surface area contributed by atoms with E-state index in [9.17, 15) is 27.2 Å². The number of nitrogens with zero attached hydrogens (tertiary/aromatic N) is 2. The molecule has 2 aliphatic heterocycles. The summed E-state index contributed by atoms with van der Waals surface area (Å²) >= 11 is 16.9. The first-order valence-corrected chi connectivity index (χ1v) is 10.6. The fourth-order valence-electron chi connectivity index (χ4n) is 2.87. The number of nitrogens with one attached hydrogen (secondary N) is 1. The molecule has 0 saturated carbocycles. The molecule has 1 aromatic rings. The molecule has 2 heterocycles. The maximum Gasteiger partial charge on any atom is 0.426 e. The molecule has 0 radical (unpaired) electrons. The summed E-state index contributed by atoms with van der Waals surface area (Å²) in [7, 11) is -4.13. The second-order valence-corrected chi connectivity index (χ2v) is 9.24. The highest BCUT2D eigenvalue weighted by molar-refractivity contribution is 7.91. The third kappa shape index (κ3) is 3.84. The van der Waals surface area contributed by atoms with Gasteiger partial charge in [0.05, 0.1) is 16.1 Å². The van der Waals surface area contributed by atoms with Crippen molar-refractivity contribution in [2.24, 2.45) is 0 Å². The Morgan fingerprint density at radius 2 is 2.04 bits per heavy atom. The van der Waals surface area contributed by atoms with Gasteiger partial charge in [0.15, 0.2) is 5.75 Å². The number of carbonyl (C=O) groups is 3. The maximum atomic E-state index is 14.4. The monoisotopic (exact) mass is 473 g/mol. The van der Waals surface area contributed by atoms with Gasteiger partial charge < -0.3 is 9.64 Å². The lowest BCUT2D eigenvalue weighted by molar-refractivity contribution is -0.119. The van der Waals surface area contributed by atoms with Gasteiger partial charge in [0.2, 0.25) is 0 Å². The van der Waals surface area contributed by atoms with Gasteiger partial charge >= 0.3 is 12.1 Å². The Hall–Kier alpha value is -1.82. The van der Waals surface area contributed by atoms with Crippen LogP contribution in [-0.4, -0.2) is 54.5 Å². The van der Waals surface area contributed by atoms with Gasteiger partial charge in [-0.25, -0.2) is 32.0 Å². The van der Waals surface area contributed by atoms with Crippen LogP contribution < -0.4 is 14.4 Å². The van der Waals surface area contributed by atoms with Crippen LogP contribution in [0.25, 0.3) is 0 Å². The van der Waals surface area contributed by atoms with Crippen LogP contribution in [0, 0.1) is 5.82 Å². The van der Waals surface area contributed by atoms with E-state index in [1.807, 2.05) is 0 Å². The molecule has 4 amide bonds. The van der Waals surface area contributed by atoms with Gasteiger partial charge in [-0.2, -0.15) is 0 Å². The number of carbonyl (C=O) groups excluding carboxylic acids is 3. The van der Waals surface area contributed by atoms with Gasteiger partial charge in [-0.15, -0.1) is 23.2 Å². The molecule has 0 aromatic heterocycles. The summed E-state index contributed by atoms with van der Waals surface area (Å²) in [4.78, 5) is 38.5. The first-order chi connectivity index (χ1) is 13.0. The molecule has 2 atom stereocenters. The van der Waals surface area contributed by atoms with Gasteiger partial charge in [0.1, 0.15) is 17.1 Å². The highest BCUT2D eigenvalue weighted by atomic mass is 35.5. The summed E-state index contributed by atoms with van der Waals surface area (Å²) in [6.07, 6.45) is -1.23. The molecule has 2 fully saturated rings. The molecule has 0 spiro atoms. The Bertz CT molecular complexity index is 951. The van der Waals surface area contributed by atoms with E-state index in [2.05, 4.69) is 0 Å². The van der Waals surface area contributed by atoms with Crippen molar-refractivity contribution in [2.75, 3.05) is 16.7 Å². The molecule has 2 aliphatic rings. The van der Waals surface area contributed by atoms with E-state index in [0.29, 0.717) is 4.90 Å². The molecule has 152 valence electrons. The van der Waals surface area contributed by atoms with Crippen LogP contribution in [0.15, 0.2) is 12.1 Å². The number of alkyl halides is 2. The minimum Gasteiger partial charge on any atom is -0.408 e. The number of anilines is 1. The minimum absolute atomic E-state index is 0.130. The fourth-order valence-corrected chi connectivity index (χ4v) is 3.89. The van der Waals surface area contributed by atoms with Crippen LogP contribution in [0.3, 0.4) is 0 Å². The normalized spacial score (nSPS) is 21.9. The van der Waals surface area contributed by atoms with Crippen molar-refractivity contribution in [3.63, 3.8) is 0 Å². The van der Waals surface area contributed by atoms with Crippen molar-refractivity contribution >= 4 is 68.5 Å². The average molecular weight is 475 g/mol. The summed E-state index contributed by atoms with van der Waals surface area (Å²) in [6.45, 7) is 0.130. The lowest BCUT2D eigenvalue weighted by Gasteiger charge is -2.18. The quantitative estimate of drug-likeness (QED) is 0.529. The molecule has 28 heavy (non-hydrogen) atoms. The lowest BCUT2D eigenvalue weighted by atomic mass is 10.2. The zero-order chi connectivity index (χ0) is 20.8. The van der Waals surface area contributed by atoms with E-state index >= 15 is 0 Å². The standard InChI is InChI=1S/C14H11Cl3FN3O6S/c15-5-28(25,26)19-13(23)27-11-3-9(8(18)2-7(11)17)21-12(22)10-1-6(16)4-20(10)14(21)24/h2-3,6,10H,1,4-5H2,(H,19,23). The summed E-state index contributed by atoms with van der Waals surface area (Å²) in [5.41, 5.74) is -0.497. The Morgan fingerprint density at radius 3 is 2.64 bits per heavy atom. The summed E-state index contributed by atoms with van der Waals surface area (Å²) < 4.78 is 43.2. The Kier molecular flexibility index (Phi) is 5.63. The lowest BCUT2D eigenvalue weighted by Crippen LogP contribution is -2.35. The van der Waals surface area contributed by atoms with E-state index in [1.54, 1.807) is 0 Å². The predicted octanol–water partition coefficient (Wildman–Crippen LogP) is 2.24. The molecule has 1 aromatic carbocycles. The van der Waals surface area contributed by atoms with Crippen LogP contribution in [0.4, 0.5) is 19.7 Å². The molecule has 1 N–H and O–H groups in total. The molecular weight excluding hydrogens is 464 g/mol. The number of fused-ring (bicyclic) bond motifs is 1. The Labute approximate surface area is 173 Å². The van der Waals surface area contributed by atoms with Crippen molar-refractivity contribution < 1.29 is 31.9 Å². The fraction of sp³-hybridized carbons (Fsp3) is 0.357. The van der Waals surface area contributed by atoms with Crippen molar-refractivity contribution in [3.8, 4) is 5.75 Å². The number of urea groups is 1. The van der Waals surface area contributed by atoms with Gasteiger partial charge in [0.25, 0.3) is 15.9 Å². The molecule has 2 unspecified atom stereocenters. The highest BCUT2D eigenvalue weighted by Crippen LogP contribution is 2.38. The van der Waals surface area contributed by atoms with Crippen LogP contribution in [0.5, 0.6) is 5.75 Å². The van der Waals surface area contributed by atoms with Gasteiger partial charge in [0, 0.05) is 12.6 Å². The zero-order valence-electron chi connectivity index (χ0n) is 13.7. The smallest absolute Gasteiger partial charge is 0.408 e. The minimum atomic E-state index is -4.13. The Balaban J connectivity index is 1.89. The maximum absolute atomic E-state index is 14.4. The van der Waals surface area contributed by atoms with Crippen molar-refractivity contribution in [1.82, 2.24) is 9.62 Å². The van der Waals surface area contributed by atoms with E-state index in [1.165, 1.54) is 9.62 Å².